The molecule has 1 amide bonds. The molecule has 8 heteroatoms. The van der Waals surface area contributed by atoms with Crippen molar-refractivity contribution in [1.29, 1.82) is 0 Å². The van der Waals surface area contributed by atoms with Gasteiger partial charge in [-0.1, -0.05) is 42.3 Å². The van der Waals surface area contributed by atoms with Gasteiger partial charge in [0.25, 0.3) is 0 Å². The number of carbonyl (C=O) groups is 1. The molecule has 0 saturated heterocycles. The van der Waals surface area contributed by atoms with Crippen LogP contribution in [0.5, 0.6) is 0 Å². The molecular formula is C22H28Cl2N2O3S. The van der Waals surface area contributed by atoms with Crippen LogP contribution < -0.4 is 9.62 Å². The number of halogens is 2. The largest absolute Gasteiger partial charge is 0.348 e. The van der Waals surface area contributed by atoms with Crippen LogP contribution in [-0.2, 0) is 14.8 Å². The number of hydrogen-bond donors (Lipinski definition) is 1. The van der Waals surface area contributed by atoms with Gasteiger partial charge in [-0.3, -0.25) is 9.10 Å². The Morgan fingerprint density at radius 1 is 1.07 bits per heavy atom. The second kappa shape index (κ2) is 9.58. The topological polar surface area (TPSA) is 66.5 Å². The summed E-state index contributed by atoms with van der Waals surface area (Å²) in [7, 11) is -3.81. The van der Waals surface area contributed by atoms with Crippen molar-refractivity contribution >= 4 is 44.8 Å². The normalized spacial score (nSPS) is 13.6. The van der Waals surface area contributed by atoms with Crippen LogP contribution in [0.2, 0.25) is 10.0 Å². The Hall–Kier alpha value is -1.76. The monoisotopic (exact) mass is 470 g/mol. The minimum atomic E-state index is -3.81. The number of rotatable bonds is 7. The van der Waals surface area contributed by atoms with Crippen molar-refractivity contribution in [2.75, 3.05) is 10.6 Å². The van der Waals surface area contributed by atoms with Crippen LogP contribution >= 0.6 is 23.2 Å². The summed E-state index contributed by atoms with van der Waals surface area (Å²) in [6, 6.07) is 7.42. The summed E-state index contributed by atoms with van der Waals surface area (Å²) in [4.78, 5) is 13.2. The molecule has 2 aromatic carbocycles. The summed E-state index contributed by atoms with van der Waals surface area (Å²) in [5, 5.41) is 3.50. The van der Waals surface area contributed by atoms with Gasteiger partial charge in [0.1, 0.15) is 6.04 Å². The van der Waals surface area contributed by atoms with Crippen molar-refractivity contribution in [3.05, 3.63) is 62.6 Å². The molecule has 2 rings (SSSR count). The Bertz CT molecular complexity index is 1050. The molecule has 2 atom stereocenters. The smallest absolute Gasteiger partial charge is 0.244 e. The fourth-order valence-electron chi connectivity index (χ4n) is 3.53. The predicted octanol–water partition coefficient (Wildman–Crippen LogP) is 5.34. The summed E-state index contributed by atoms with van der Waals surface area (Å²) in [6.07, 6.45) is 1.32. The van der Waals surface area contributed by atoms with Gasteiger partial charge in [-0.2, -0.15) is 0 Å². The lowest BCUT2D eigenvalue weighted by atomic mass is 9.96. The van der Waals surface area contributed by atoms with Gasteiger partial charge in [0.05, 0.1) is 23.0 Å². The van der Waals surface area contributed by atoms with Crippen LogP contribution in [0.15, 0.2) is 30.3 Å². The van der Waals surface area contributed by atoms with Gasteiger partial charge in [-0.25, -0.2) is 8.42 Å². The molecule has 0 spiro atoms. The Morgan fingerprint density at radius 3 is 2.23 bits per heavy atom. The number of aryl methyl sites for hydroxylation is 3. The number of hydrogen-bond acceptors (Lipinski definition) is 3. The molecule has 0 radical (unpaired) electrons. The lowest BCUT2D eigenvalue weighted by Gasteiger charge is -2.32. The average Bonchev–Trinajstić information content (AvgIpc) is 2.63. The van der Waals surface area contributed by atoms with E-state index in [-0.39, 0.29) is 23.2 Å². The summed E-state index contributed by atoms with van der Waals surface area (Å²) in [5.74, 6) is -0.399. The maximum atomic E-state index is 13.2. The molecule has 0 bridgehead atoms. The van der Waals surface area contributed by atoms with Crippen LogP contribution in [0.25, 0.3) is 0 Å². The Labute approximate surface area is 189 Å². The van der Waals surface area contributed by atoms with Crippen LogP contribution in [0.3, 0.4) is 0 Å². The van der Waals surface area contributed by atoms with Crippen LogP contribution in [0, 0.1) is 20.8 Å². The third kappa shape index (κ3) is 5.48. The SMILES string of the molecule is CCC(C(=O)NC(C)c1cc(C)c(C)cc1C)N(c1cc(Cl)ccc1Cl)S(C)(=O)=O. The van der Waals surface area contributed by atoms with Gasteiger partial charge in [-0.05, 0) is 74.6 Å². The van der Waals surface area contributed by atoms with E-state index in [1.807, 2.05) is 27.7 Å². The number of benzene rings is 2. The fourth-order valence-corrected chi connectivity index (χ4v) is 5.17. The lowest BCUT2D eigenvalue weighted by Crippen LogP contribution is -2.50. The molecule has 164 valence electrons. The van der Waals surface area contributed by atoms with E-state index < -0.39 is 22.0 Å². The third-order valence-corrected chi connectivity index (χ3v) is 6.90. The van der Waals surface area contributed by atoms with E-state index in [0.29, 0.717) is 5.02 Å². The van der Waals surface area contributed by atoms with E-state index in [1.165, 1.54) is 17.7 Å². The van der Waals surface area contributed by atoms with Crippen molar-refractivity contribution in [3.8, 4) is 0 Å². The van der Waals surface area contributed by atoms with E-state index >= 15 is 0 Å². The second-order valence-electron chi connectivity index (χ2n) is 7.60. The fraction of sp³-hybridized carbons (Fsp3) is 0.409. The standard InChI is InChI=1S/C22H28Cl2N2O3S/c1-7-20(26(30(6,28)29)21-12-17(23)8-9-19(21)24)22(27)25-16(5)18-11-14(3)13(2)10-15(18)4/h8-12,16,20H,7H2,1-6H3,(H,25,27). The van der Waals surface area contributed by atoms with Crippen molar-refractivity contribution in [2.24, 2.45) is 0 Å². The summed E-state index contributed by atoms with van der Waals surface area (Å²) >= 11 is 12.3. The Morgan fingerprint density at radius 2 is 1.67 bits per heavy atom. The van der Waals surface area contributed by atoms with Gasteiger partial charge >= 0.3 is 0 Å². The maximum Gasteiger partial charge on any atom is 0.244 e. The van der Waals surface area contributed by atoms with E-state index in [4.69, 9.17) is 23.2 Å². The first-order valence-electron chi connectivity index (χ1n) is 9.69. The first kappa shape index (κ1) is 24.5. The highest BCUT2D eigenvalue weighted by molar-refractivity contribution is 7.92. The highest BCUT2D eigenvalue weighted by Gasteiger charge is 2.33. The molecule has 30 heavy (non-hydrogen) atoms. The minimum absolute atomic E-state index is 0.184. The first-order chi connectivity index (χ1) is 13.9. The average molecular weight is 471 g/mol. The van der Waals surface area contributed by atoms with E-state index in [1.54, 1.807) is 13.0 Å². The zero-order valence-electron chi connectivity index (χ0n) is 18.1. The molecule has 2 aromatic rings. The molecule has 0 fully saturated rings. The van der Waals surface area contributed by atoms with Crippen molar-refractivity contribution in [1.82, 2.24) is 5.32 Å². The summed E-state index contributed by atoms with van der Waals surface area (Å²) in [5.41, 5.74) is 4.56. The van der Waals surface area contributed by atoms with Gasteiger partial charge in [0.15, 0.2) is 0 Å². The van der Waals surface area contributed by atoms with Crippen molar-refractivity contribution in [3.63, 3.8) is 0 Å². The first-order valence-corrected chi connectivity index (χ1v) is 12.3. The predicted molar refractivity (Wildman–Crippen MR) is 125 cm³/mol. The van der Waals surface area contributed by atoms with E-state index in [2.05, 4.69) is 17.4 Å². The van der Waals surface area contributed by atoms with E-state index in [0.717, 1.165) is 27.3 Å². The number of nitrogens with zero attached hydrogens (tertiary/aromatic N) is 1. The van der Waals surface area contributed by atoms with E-state index in [9.17, 15) is 13.2 Å². The zero-order chi connectivity index (χ0) is 22.8. The number of sulfonamides is 1. The van der Waals surface area contributed by atoms with Crippen LogP contribution in [-0.4, -0.2) is 26.6 Å². The number of carbonyl (C=O) groups excluding carboxylic acids is 1. The van der Waals surface area contributed by atoms with Crippen LogP contribution in [0.4, 0.5) is 5.69 Å². The van der Waals surface area contributed by atoms with Gasteiger partial charge in [0.2, 0.25) is 15.9 Å². The Kier molecular flexibility index (Phi) is 7.83. The molecular weight excluding hydrogens is 443 g/mol. The van der Waals surface area contributed by atoms with Crippen LogP contribution in [0.1, 0.15) is 48.6 Å². The summed E-state index contributed by atoms with van der Waals surface area (Å²) in [6.45, 7) is 9.71. The third-order valence-electron chi connectivity index (χ3n) is 5.18. The molecule has 0 heterocycles. The van der Waals surface area contributed by atoms with Gasteiger partial charge in [0, 0.05) is 5.02 Å². The zero-order valence-corrected chi connectivity index (χ0v) is 20.4. The Balaban J connectivity index is 2.41. The molecule has 1 N–H and O–H groups in total. The van der Waals surface area contributed by atoms with Gasteiger partial charge < -0.3 is 5.32 Å². The number of anilines is 1. The van der Waals surface area contributed by atoms with Crippen molar-refractivity contribution < 1.29 is 13.2 Å². The molecule has 0 aliphatic rings. The maximum absolute atomic E-state index is 13.2. The summed E-state index contributed by atoms with van der Waals surface area (Å²) < 4.78 is 26.3. The highest BCUT2D eigenvalue weighted by atomic mass is 35.5. The van der Waals surface area contributed by atoms with Gasteiger partial charge in [-0.15, -0.1) is 0 Å². The molecule has 0 aliphatic carbocycles. The van der Waals surface area contributed by atoms with Crippen molar-refractivity contribution in [2.45, 2.75) is 53.1 Å². The highest BCUT2D eigenvalue weighted by Crippen LogP contribution is 2.33. The molecule has 0 aliphatic heterocycles. The minimum Gasteiger partial charge on any atom is -0.348 e. The number of nitrogens with one attached hydrogen (secondary N) is 1. The molecule has 5 nitrogen and oxygen atoms in total. The second-order valence-corrected chi connectivity index (χ2v) is 10.3. The quantitative estimate of drug-likeness (QED) is 0.593. The molecule has 0 aromatic heterocycles. The number of amides is 1. The molecule has 0 saturated carbocycles. The molecule has 2 unspecified atom stereocenters. The lowest BCUT2D eigenvalue weighted by molar-refractivity contribution is -0.122.